The van der Waals surface area contributed by atoms with Gasteiger partial charge in [-0.1, -0.05) is 18.6 Å². The molecule has 0 spiro atoms. The topological polar surface area (TPSA) is 54.5 Å². The van der Waals surface area contributed by atoms with Crippen LogP contribution < -0.4 is 0 Å². The SMILES string of the molecule is N#CC(=Cc1cccc(F)c1F)c1nnc2n1CCCCC2. The Balaban J connectivity index is 2.05. The van der Waals surface area contributed by atoms with Gasteiger partial charge < -0.3 is 4.57 Å². The van der Waals surface area contributed by atoms with Crippen LogP contribution in [0.25, 0.3) is 11.6 Å². The van der Waals surface area contributed by atoms with E-state index in [-0.39, 0.29) is 11.1 Å². The van der Waals surface area contributed by atoms with Crippen LogP contribution in [0.15, 0.2) is 18.2 Å². The number of aromatic nitrogens is 3. The number of rotatable bonds is 2. The molecular weight excluding hydrogens is 286 g/mol. The van der Waals surface area contributed by atoms with Gasteiger partial charge in [0.25, 0.3) is 0 Å². The van der Waals surface area contributed by atoms with Crippen LogP contribution >= 0.6 is 0 Å². The molecule has 1 aliphatic rings. The van der Waals surface area contributed by atoms with E-state index in [2.05, 4.69) is 10.2 Å². The third-order valence-electron chi connectivity index (χ3n) is 3.75. The Morgan fingerprint density at radius 1 is 1.23 bits per heavy atom. The van der Waals surface area contributed by atoms with Gasteiger partial charge in [0.2, 0.25) is 0 Å². The summed E-state index contributed by atoms with van der Waals surface area (Å²) in [6, 6.07) is 5.89. The van der Waals surface area contributed by atoms with E-state index in [4.69, 9.17) is 0 Å². The van der Waals surface area contributed by atoms with Gasteiger partial charge in [0.1, 0.15) is 11.9 Å². The highest BCUT2D eigenvalue weighted by molar-refractivity contribution is 5.87. The van der Waals surface area contributed by atoms with E-state index >= 15 is 0 Å². The van der Waals surface area contributed by atoms with Crippen molar-refractivity contribution >= 4 is 11.6 Å². The van der Waals surface area contributed by atoms with Gasteiger partial charge in [-0.05, 0) is 25.0 Å². The molecule has 4 nitrogen and oxygen atoms in total. The standard InChI is InChI=1S/C16H14F2N4/c17-13-6-4-5-11(15(13)18)9-12(10-19)16-21-20-14-7-2-1-3-8-22(14)16/h4-6,9H,1-3,7-8H2. The number of fused-ring (bicyclic) bond motifs is 1. The summed E-state index contributed by atoms with van der Waals surface area (Å²) in [5.74, 6) is -0.645. The Labute approximate surface area is 126 Å². The quantitative estimate of drug-likeness (QED) is 0.799. The lowest BCUT2D eigenvalue weighted by molar-refractivity contribution is 0.507. The molecule has 0 bridgehead atoms. The van der Waals surface area contributed by atoms with Crippen molar-refractivity contribution < 1.29 is 8.78 Å². The molecule has 0 unspecified atom stereocenters. The average Bonchev–Trinajstić information content (AvgIpc) is 2.77. The summed E-state index contributed by atoms with van der Waals surface area (Å²) in [5.41, 5.74) is 0.215. The fourth-order valence-electron chi connectivity index (χ4n) is 2.62. The minimum Gasteiger partial charge on any atom is -0.310 e. The predicted octanol–water partition coefficient (Wildman–Crippen LogP) is 3.35. The highest BCUT2D eigenvalue weighted by atomic mass is 19.2. The Hall–Kier alpha value is -2.55. The maximum Gasteiger partial charge on any atom is 0.174 e. The molecule has 3 rings (SSSR count). The fourth-order valence-corrected chi connectivity index (χ4v) is 2.62. The van der Waals surface area contributed by atoms with Crippen LogP contribution in [0.4, 0.5) is 8.78 Å². The van der Waals surface area contributed by atoms with Crippen molar-refractivity contribution in [1.29, 1.82) is 5.26 Å². The zero-order valence-electron chi connectivity index (χ0n) is 11.9. The summed E-state index contributed by atoms with van der Waals surface area (Å²) in [7, 11) is 0. The monoisotopic (exact) mass is 300 g/mol. The number of benzene rings is 1. The third-order valence-corrected chi connectivity index (χ3v) is 3.75. The van der Waals surface area contributed by atoms with Crippen LogP contribution in [-0.2, 0) is 13.0 Å². The average molecular weight is 300 g/mol. The summed E-state index contributed by atoms with van der Waals surface area (Å²) >= 11 is 0. The normalized spacial score (nSPS) is 15.0. The molecule has 1 aromatic heterocycles. The first kappa shape index (κ1) is 14.4. The molecule has 0 saturated carbocycles. The molecular formula is C16H14F2N4. The maximum absolute atomic E-state index is 13.8. The molecule has 1 aliphatic heterocycles. The highest BCUT2D eigenvalue weighted by Crippen LogP contribution is 2.22. The van der Waals surface area contributed by atoms with Crippen LogP contribution in [0.1, 0.15) is 36.5 Å². The molecule has 22 heavy (non-hydrogen) atoms. The molecule has 0 N–H and O–H groups in total. The van der Waals surface area contributed by atoms with Gasteiger partial charge in [-0.3, -0.25) is 0 Å². The zero-order chi connectivity index (χ0) is 15.5. The zero-order valence-corrected chi connectivity index (χ0v) is 11.9. The van der Waals surface area contributed by atoms with Gasteiger partial charge in [0.15, 0.2) is 17.5 Å². The van der Waals surface area contributed by atoms with E-state index in [9.17, 15) is 14.0 Å². The lowest BCUT2D eigenvalue weighted by Crippen LogP contribution is -2.05. The minimum absolute atomic E-state index is 0.0301. The molecule has 0 amide bonds. The first-order chi connectivity index (χ1) is 10.7. The largest absolute Gasteiger partial charge is 0.310 e. The van der Waals surface area contributed by atoms with E-state index in [1.54, 1.807) is 0 Å². The van der Waals surface area contributed by atoms with Crippen molar-refractivity contribution in [1.82, 2.24) is 14.8 Å². The van der Waals surface area contributed by atoms with Crippen molar-refractivity contribution in [2.45, 2.75) is 32.2 Å². The predicted molar refractivity (Wildman–Crippen MR) is 77.4 cm³/mol. The van der Waals surface area contributed by atoms with E-state index < -0.39 is 11.6 Å². The van der Waals surface area contributed by atoms with Crippen molar-refractivity contribution in [2.24, 2.45) is 0 Å². The molecule has 2 heterocycles. The molecule has 0 fully saturated rings. The molecule has 2 aromatic rings. The number of hydrogen-bond acceptors (Lipinski definition) is 3. The van der Waals surface area contributed by atoms with Gasteiger partial charge in [0.05, 0.1) is 5.57 Å². The fraction of sp³-hybridized carbons (Fsp3) is 0.312. The number of aryl methyl sites for hydroxylation is 1. The molecule has 0 radical (unpaired) electrons. The third kappa shape index (κ3) is 2.62. The molecule has 6 heteroatoms. The number of nitriles is 1. The maximum atomic E-state index is 13.8. The lowest BCUT2D eigenvalue weighted by Gasteiger charge is -2.06. The van der Waals surface area contributed by atoms with Gasteiger partial charge in [-0.2, -0.15) is 5.26 Å². The second kappa shape index (κ2) is 6.06. The van der Waals surface area contributed by atoms with Gasteiger partial charge in [0, 0.05) is 18.5 Å². The van der Waals surface area contributed by atoms with Crippen LogP contribution in [0.3, 0.4) is 0 Å². The van der Waals surface area contributed by atoms with Crippen molar-refractivity contribution in [3.05, 3.63) is 47.0 Å². The summed E-state index contributed by atoms with van der Waals surface area (Å²) in [5, 5.41) is 17.6. The second-order valence-corrected chi connectivity index (χ2v) is 5.21. The van der Waals surface area contributed by atoms with E-state index in [1.165, 1.54) is 18.2 Å². The minimum atomic E-state index is -0.967. The summed E-state index contributed by atoms with van der Waals surface area (Å²) in [4.78, 5) is 0. The number of nitrogens with zero attached hydrogens (tertiary/aromatic N) is 4. The van der Waals surface area contributed by atoms with Gasteiger partial charge in [-0.15, -0.1) is 10.2 Å². The van der Waals surface area contributed by atoms with Crippen LogP contribution in [0.2, 0.25) is 0 Å². The molecule has 1 aromatic carbocycles. The molecule has 0 atom stereocenters. The van der Waals surface area contributed by atoms with Crippen molar-refractivity contribution in [3.63, 3.8) is 0 Å². The summed E-state index contributed by atoms with van der Waals surface area (Å²) in [6.07, 6.45) is 5.28. The van der Waals surface area contributed by atoms with Crippen LogP contribution in [0, 0.1) is 23.0 Å². The Morgan fingerprint density at radius 3 is 2.91 bits per heavy atom. The Kier molecular flexibility index (Phi) is 3.96. The summed E-state index contributed by atoms with van der Waals surface area (Å²) in [6.45, 7) is 0.738. The highest BCUT2D eigenvalue weighted by Gasteiger charge is 2.18. The van der Waals surface area contributed by atoms with E-state index in [0.29, 0.717) is 5.82 Å². The first-order valence-corrected chi connectivity index (χ1v) is 7.19. The van der Waals surface area contributed by atoms with Gasteiger partial charge in [-0.25, -0.2) is 8.78 Å². The van der Waals surface area contributed by atoms with Crippen LogP contribution in [-0.4, -0.2) is 14.8 Å². The smallest absolute Gasteiger partial charge is 0.174 e. The van der Waals surface area contributed by atoms with E-state index in [1.807, 2.05) is 10.6 Å². The first-order valence-electron chi connectivity index (χ1n) is 7.19. The lowest BCUT2D eigenvalue weighted by atomic mass is 10.1. The molecule has 0 saturated heterocycles. The number of allylic oxidation sites excluding steroid dienone is 1. The molecule has 112 valence electrons. The number of halogens is 2. The van der Waals surface area contributed by atoms with Crippen LogP contribution in [0.5, 0.6) is 0 Å². The molecule has 0 aliphatic carbocycles. The van der Waals surface area contributed by atoms with Crippen molar-refractivity contribution in [3.8, 4) is 6.07 Å². The second-order valence-electron chi connectivity index (χ2n) is 5.21. The number of hydrogen-bond donors (Lipinski definition) is 0. The Bertz CT molecular complexity index is 771. The van der Waals surface area contributed by atoms with Crippen molar-refractivity contribution in [2.75, 3.05) is 0 Å². The Morgan fingerprint density at radius 2 is 2.09 bits per heavy atom. The van der Waals surface area contributed by atoms with E-state index in [0.717, 1.165) is 44.1 Å². The summed E-state index contributed by atoms with van der Waals surface area (Å²) < 4.78 is 29.0. The van der Waals surface area contributed by atoms with Gasteiger partial charge >= 0.3 is 0 Å².